The van der Waals surface area contributed by atoms with Crippen LogP contribution in [0.4, 0.5) is 0 Å². The maximum absolute atomic E-state index is 8.75. The molecule has 1 aromatic carbocycles. The molecule has 0 N–H and O–H groups in total. The Morgan fingerprint density at radius 1 is 1.10 bits per heavy atom. The van der Waals surface area contributed by atoms with Crippen molar-refractivity contribution in [2.24, 2.45) is 0 Å². The van der Waals surface area contributed by atoms with Crippen molar-refractivity contribution in [3.8, 4) is 23.1 Å². The van der Waals surface area contributed by atoms with Gasteiger partial charge in [-0.05, 0) is 42.8 Å². The summed E-state index contributed by atoms with van der Waals surface area (Å²) in [7, 11) is 0. The van der Waals surface area contributed by atoms with E-state index in [4.69, 9.17) is 10.00 Å². The van der Waals surface area contributed by atoms with Crippen LogP contribution >= 0.6 is 0 Å². The van der Waals surface area contributed by atoms with Crippen molar-refractivity contribution < 1.29 is 4.74 Å². The summed E-state index contributed by atoms with van der Waals surface area (Å²) in [6.07, 6.45) is 5.08. The number of hydrogen-bond acceptors (Lipinski definition) is 3. The van der Waals surface area contributed by atoms with E-state index in [2.05, 4.69) is 18.0 Å². The second-order valence-corrected chi connectivity index (χ2v) is 4.62. The first kappa shape index (κ1) is 14.1. The lowest BCUT2D eigenvalue weighted by atomic mass is 10.1. The normalized spacial score (nSPS) is 10.0. The van der Waals surface area contributed by atoms with Gasteiger partial charge in [0.25, 0.3) is 0 Å². The summed E-state index contributed by atoms with van der Waals surface area (Å²) in [5, 5.41) is 8.75. The lowest BCUT2D eigenvalue weighted by molar-refractivity contribution is 0.306. The number of nitriles is 1. The third kappa shape index (κ3) is 3.83. The van der Waals surface area contributed by atoms with Crippen molar-refractivity contribution in [3.63, 3.8) is 0 Å². The quantitative estimate of drug-likeness (QED) is 0.736. The predicted octanol–water partition coefficient (Wildman–Crippen LogP) is 4.19. The van der Waals surface area contributed by atoms with Crippen LogP contribution in [0.3, 0.4) is 0 Å². The van der Waals surface area contributed by atoms with Crippen molar-refractivity contribution in [1.82, 2.24) is 4.98 Å². The molecule has 0 unspecified atom stereocenters. The average molecular weight is 266 g/mol. The van der Waals surface area contributed by atoms with E-state index in [9.17, 15) is 0 Å². The first-order valence-corrected chi connectivity index (χ1v) is 6.93. The number of benzene rings is 1. The van der Waals surface area contributed by atoms with E-state index in [1.807, 2.05) is 30.3 Å². The minimum Gasteiger partial charge on any atom is -0.494 e. The highest BCUT2D eigenvalue weighted by Crippen LogP contribution is 2.21. The van der Waals surface area contributed by atoms with Gasteiger partial charge in [0.1, 0.15) is 11.8 Å². The molecule has 0 bridgehead atoms. The number of rotatable bonds is 6. The molecule has 0 atom stereocenters. The number of pyridine rings is 1. The summed E-state index contributed by atoms with van der Waals surface area (Å²) in [6.45, 7) is 2.95. The molecule has 0 aliphatic rings. The van der Waals surface area contributed by atoms with Gasteiger partial charge in [-0.25, -0.2) is 0 Å². The molecular weight excluding hydrogens is 248 g/mol. The molecule has 0 aliphatic carbocycles. The van der Waals surface area contributed by atoms with Gasteiger partial charge in [0.15, 0.2) is 0 Å². The third-order valence-electron chi connectivity index (χ3n) is 3.06. The molecule has 102 valence electrons. The summed E-state index contributed by atoms with van der Waals surface area (Å²) >= 11 is 0. The smallest absolute Gasteiger partial charge is 0.119 e. The largest absolute Gasteiger partial charge is 0.494 e. The number of hydrogen-bond donors (Lipinski definition) is 0. The minimum absolute atomic E-state index is 0.574. The second kappa shape index (κ2) is 7.30. The first-order valence-electron chi connectivity index (χ1n) is 6.93. The van der Waals surface area contributed by atoms with Gasteiger partial charge in [-0.3, -0.25) is 4.98 Å². The molecule has 2 aromatic rings. The number of aromatic nitrogens is 1. The van der Waals surface area contributed by atoms with Gasteiger partial charge in [-0.15, -0.1) is 0 Å². The summed E-state index contributed by atoms with van der Waals surface area (Å²) in [5.41, 5.74) is 2.46. The van der Waals surface area contributed by atoms with Gasteiger partial charge < -0.3 is 4.74 Å². The molecule has 0 spiro atoms. The Morgan fingerprint density at radius 2 is 1.90 bits per heavy atom. The van der Waals surface area contributed by atoms with Gasteiger partial charge in [-0.2, -0.15) is 5.26 Å². The Balaban J connectivity index is 1.98. The minimum atomic E-state index is 0.574. The van der Waals surface area contributed by atoms with E-state index in [1.54, 1.807) is 12.3 Å². The van der Waals surface area contributed by atoms with Crippen LogP contribution in [0.5, 0.6) is 5.75 Å². The van der Waals surface area contributed by atoms with E-state index in [0.717, 1.165) is 30.0 Å². The van der Waals surface area contributed by atoms with Gasteiger partial charge >= 0.3 is 0 Å². The SMILES string of the molecule is CCCCCOc1ccc(-c2ccc(C#N)cn2)cc1. The zero-order valence-electron chi connectivity index (χ0n) is 11.7. The van der Waals surface area contributed by atoms with Gasteiger partial charge in [0.05, 0.1) is 17.9 Å². The van der Waals surface area contributed by atoms with Crippen LogP contribution in [-0.2, 0) is 0 Å². The Bertz CT molecular complexity index is 567. The van der Waals surface area contributed by atoms with E-state index in [0.29, 0.717) is 5.56 Å². The van der Waals surface area contributed by atoms with E-state index in [-0.39, 0.29) is 0 Å². The van der Waals surface area contributed by atoms with E-state index >= 15 is 0 Å². The molecule has 0 amide bonds. The van der Waals surface area contributed by atoms with Crippen LogP contribution in [0.1, 0.15) is 31.7 Å². The van der Waals surface area contributed by atoms with Crippen molar-refractivity contribution in [1.29, 1.82) is 5.26 Å². The van der Waals surface area contributed by atoms with Crippen molar-refractivity contribution in [2.45, 2.75) is 26.2 Å². The van der Waals surface area contributed by atoms with Gasteiger partial charge in [0, 0.05) is 11.8 Å². The average Bonchev–Trinajstić information content (AvgIpc) is 2.52. The Labute approximate surface area is 119 Å². The highest BCUT2D eigenvalue weighted by Gasteiger charge is 2.00. The first-order chi connectivity index (χ1) is 9.83. The van der Waals surface area contributed by atoms with Crippen LogP contribution in [0, 0.1) is 11.3 Å². The van der Waals surface area contributed by atoms with Crippen LogP contribution in [0.2, 0.25) is 0 Å². The van der Waals surface area contributed by atoms with Crippen molar-refractivity contribution in [2.75, 3.05) is 6.61 Å². The summed E-state index contributed by atoms with van der Waals surface area (Å²) in [5.74, 6) is 0.887. The monoisotopic (exact) mass is 266 g/mol. The van der Waals surface area contributed by atoms with Crippen LogP contribution in [0.25, 0.3) is 11.3 Å². The molecule has 0 radical (unpaired) electrons. The maximum atomic E-state index is 8.75. The Kier molecular flexibility index (Phi) is 5.14. The number of ether oxygens (including phenoxy) is 1. The number of nitrogens with zero attached hydrogens (tertiary/aromatic N) is 2. The standard InChI is InChI=1S/C17H18N2O/c1-2-3-4-11-20-16-8-6-15(7-9-16)17-10-5-14(12-18)13-19-17/h5-10,13H,2-4,11H2,1H3. The highest BCUT2D eigenvalue weighted by atomic mass is 16.5. The molecule has 0 saturated heterocycles. The second-order valence-electron chi connectivity index (χ2n) is 4.62. The molecule has 1 aromatic heterocycles. The van der Waals surface area contributed by atoms with Crippen LogP contribution in [0.15, 0.2) is 42.6 Å². The zero-order valence-corrected chi connectivity index (χ0v) is 11.7. The molecule has 0 aliphatic heterocycles. The van der Waals surface area contributed by atoms with Crippen LogP contribution in [-0.4, -0.2) is 11.6 Å². The Morgan fingerprint density at radius 3 is 2.50 bits per heavy atom. The molecule has 0 fully saturated rings. The van der Waals surface area contributed by atoms with Gasteiger partial charge in [-0.1, -0.05) is 19.8 Å². The zero-order chi connectivity index (χ0) is 14.2. The Hall–Kier alpha value is -2.34. The molecule has 3 nitrogen and oxygen atoms in total. The van der Waals surface area contributed by atoms with E-state index < -0.39 is 0 Å². The summed E-state index contributed by atoms with van der Waals surface area (Å²) in [6, 6.07) is 13.6. The lowest BCUT2D eigenvalue weighted by Crippen LogP contribution is -1.96. The molecule has 20 heavy (non-hydrogen) atoms. The number of unbranched alkanes of at least 4 members (excludes halogenated alkanes) is 2. The van der Waals surface area contributed by atoms with Crippen molar-refractivity contribution >= 4 is 0 Å². The molecule has 3 heteroatoms. The maximum Gasteiger partial charge on any atom is 0.119 e. The molecule has 1 heterocycles. The fourth-order valence-corrected chi connectivity index (χ4v) is 1.89. The molecular formula is C17H18N2O. The predicted molar refractivity (Wildman–Crippen MR) is 79.4 cm³/mol. The summed E-state index contributed by atoms with van der Waals surface area (Å²) < 4.78 is 5.67. The van der Waals surface area contributed by atoms with E-state index in [1.165, 1.54) is 12.8 Å². The van der Waals surface area contributed by atoms with Crippen molar-refractivity contribution in [3.05, 3.63) is 48.2 Å². The fourth-order valence-electron chi connectivity index (χ4n) is 1.89. The molecule has 2 rings (SSSR count). The van der Waals surface area contributed by atoms with Gasteiger partial charge in [0.2, 0.25) is 0 Å². The molecule has 0 saturated carbocycles. The topological polar surface area (TPSA) is 45.9 Å². The third-order valence-corrected chi connectivity index (χ3v) is 3.06. The lowest BCUT2D eigenvalue weighted by Gasteiger charge is -2.06. The van der Waals surface area contributed by atoms with Crippen LogP contribution < -0.4 is 4.74 Å². The summed E-state index contributed by atoms with van der Waals surface area (Å²) in [4.78, 5) is 4.27. The fraction of sp³-hybridized carbons (Fsp3) is 0.294. The highest BCUT2D eigenvalue weighted by molar-refractivity contribution is 5.60.